The molecule has 0 bridgehead atoms. The molecule has 0 saturated carbocycles. The van der Waals surface area contributed by atoms with Crippen molar-refractivity contribution in [2.75, 3.05) is 25.9 Å². The zero-order chi connectivity index (χ0) is 13.9. The van der Waals surface area contributed by atoms with Crippen molar-refractivity contribution < 1.29 is 9.53 Å². The van der Waals surface area contributed by atoms with Gasteiger partial charge in [0.1, 0.15) is 0 Å². The molecule has 104 valence electrons. The van der Waals surface area contributed by atoms with E-state index >= 15 is 0 Å². The van der Waals surface area contributed by atoms with Crippen LogP contribution in [0.15, 0.2) is 18.3 Å². The molecule has 1 aliphatic heterocycles. The molecule has 5 heteroatoms. The summed E-state index contributed by atoms with van der Waals surface area (Å²) in [5, 5.41) is 0. The normalized spacial score (nSPS) is 23.4. The van der Waals surface area contributed by atoms with Crippen LogP contribution in [0.3, 0.4) is 0 Å². The summed E-state index contributed by atoms with van der Waals surface area (Å²) in [5.41, 5.74) is 6.73. The molecule has 2 heterocycles. The van der Waals surface area contributed by atoms with E-state index in [-0.39, 0.29) is 11.5 Å². The highest BCUT2D eigenvalue weighted by molar-refractivity contribution is 5.78. The van der Waals surface area contributed by atoms with Gasteiger partial charge in [0.2, 0.25) is 5.91 Å². The second-order valence-corrected chi connectivity index (χ2v) is 5.33. The molecule has 2 N–H and O–H groups in total. The van der Waals surface area contributed by atoms with Crippen molar-refractivity contribution in [1.29, 1.82) is 0 Å². The van der Waals surface area contributed by atoms with Crippen molar-refractivity contribution in [3.05, 3.63) is 24.0 Å². The summed E-state index contributed by atoms with van der Waals surface area (Å²) in [6.45, 7) is 3.50. The van der Waals surface area contributed by atoms with Crippen molar-refractivity contribution in [1.82, 2.24) is 9.88 Å². The van der Waals surface area contributed by atoms with Gasteiger partial charge in [-0.2, -0.15) is 0 Å². The Kier molecular flexibility index (Phi) is 4.04. The van der Waals surface area contributed by atoms with Gasteiger partial charge in [0.15, 0.2) is 0 Å². The second kappa shape index (κ2) is 5.57. The lowest BCUT2D eigenvalue weighted by atomic mass is 9.94. The van der Waals surface area contributed by atoms with E-state index in [9.17, 15) is 4.79 Å². The number of nitrogens with two attached hydrogens (primary N) is 1. The molecule has 2 rings (SSSR count). The van der Waals surface area contributed by atoms with E-state index in [2.05, 4.69) is 4.98 Å². The molecule has 19 heavy (non-hydrogen) atoms. The molecule has 1 atom stereocenters. The van der Waals surface area contributed by atoms with Gasteiger partial charge in [0, 0.05) is 25.9 Å². The third-order valence-electron chi connectivity index (χ3n) is 3.68. The Morgan fingerprint density at radius 3 is 3.00 bits per heavy atom. The standard InChI is InChI=1S/C14H21N3O2/c1-14(19-2)6-3-7-17(10-14)13(18)8-12-5-4-11(15)9-16-12/h4-5,9H,3,6-8,10,15H2,1-2H3. The van der Waals surface area contributed by atoms with Crippen LogP contribution in [0, 0.1) is 0 Å². The van der Waals surface area contributed by atoms with E-state index in [1.54, 1.807) is 25.4 Å². The van der Waals surface area contributed by atoms with Gasteiger partial charge >= 0.3 is 0 Å². The zero-order valence-corrected chi connectivity index (χ0v) is 11.6. The molecule has 5 nitrogen and oxygen atoms in total. The number of anilines is 1. The number of hydrogen-bond acceptors (Lipinski definition) is 4. The number of carbonyl (C=O) groups excluding carboxylic acids is 1. The first-order chi connectivity index (χ1) is 9.02. The number of amides is 1. The minimum Gasteiger partial charge on any atom is -0.397 e. The average molecular weight is 263 g/mol. The van der Waals surface area contributed by atoms with Crippen LogP contribution in [0.1, 0.15) is 25.5 Å². The van der Waals surface area contributed by atoms with Gasteiger partial charge < -0.3 is 15.4 Å². The number of ether oxygens (including phenoxy) is 1. The molecule has 1 aromatic rings. The molecule has 0 spiro atoms. The zero-order valence-electron chi connectivity index (χ0n) is 11.6. The molecule has 0 aliphatic carbocycles. The monoisotopic (exact) mass is 263 g/mol. The van der Waals surface area contributed by atoms with E-state index in [0.29, 0.717) is 18.7 Å². The number of piperidine rings is 1. The Labute approximate surface area is 113 Å². The smallest absolute Gasteiger partial charge is 0.228 e. The van der Waals surface area contributed by atoms with Crippen LogP contribution >= 0.6 is 0 Å². The summed E-state index contributed by atoms with van der Waals surface area (Å²) in [6, 6.07) is 3.57. The number of pyridine rings is 1. The highest BCUT2D eigenvalue weighted by Crippen LogP contribution is 2.24. The molecule has 0 radical (unpaired) electrons. The molecule has 0 aromatic carbocycles. The lowest BCUT2D eigenvalue weighted by molar-refractivity contribution is -0.138. The number of aromatic nitrogens is 1. The summed E-state index contributed by atoms with van der Waals surface area (Å²) >= 11 is 0. The summed E-state index contributed by atoms with van der Waals surface area (Å²) in [6.07, 6.45) is 3.87. The number of likely N-dealkylation sites (tertiary alicyclic amines) is 1. The molecule has 1 aliphatic rings. The summed E-state index contributed by atoms with van der Waals surface area (Å²) in [7, 11) is 1.70. The predicted molar refractivity (Wildman–Crippen MR) is 73.6 cm³/mol. The minimum absolute atomic E-state index is 0.0975. The quantitative estimate of drug-likeness (QED) is 0.890. The molecular formula is C14H21N3O2. The molecule has 1 aromatic heterocycles. The second-order valence-electron chi connectivity index (χ2n) is 5.33. The van der Waals surface area contributed by atoms with Gasteiger partial charge in [0.05, 0.1) is 23.9 Å². The van der Waals surface area contributed by atoms with Crippen LogP contribution in [-0.4, -0.2) is 41.6 Å². The van der Waals surface area contributed by atoms with Crippen LogP contribution in [0.2, 0.25) is 0 Å². The molecule has 1 saturated heterocycles. The Bertz CT molecular complexity index is 447. The first-order valence-electron chi connectivity index (χ1n) is 6.56. The fourth-order valence-electron chi connectivity index (χ4n) is 2.39. The Morgan fingerprint density at radius 2 is 2.37 bits per heavy atom. The number of carbonyl (C=O) groups is 1. The van der Waals surface area contributed by atoms with Crippen molar-refractivity contribution in [3.8, 4) is 0 Å². The van der Waals surface area contributed by atoms with E-state index in [1.807, 2.05) is 11.8 Å². The summed E-state index contributed by atoms with van der Waals surface area (Å²) in [4.78, 5) is 18.3. The molecule has 1 fully saturated rings. The summed E-state index contributed by atoms with van der Waals surface area (Å²) < 4.78 is 5.50. The number of hydrogen-bond donors (Lipinski definition) is 1. The molecular weight excluding hydrogens is 242 g/mol. The number of nitrogens with zero attached hydrogens (tertiary/aromatic N) is 2. The van der Waals surface area contributed by atoms with Crippen LogP contribution in [0.4, 0.5) is 5.69 Å². The largest absolute Gasteiger partial charge is 0.397 e. The summed E-state index contributed by atoms with van der Waals surface area (Å²) in [5.74, 6) is 0.0975. The molecule has 1 unspecified atom stereocenters. The lowest BCUT2D eigenvalue weighted by Crippen LogP contribution is -2.50. The highest BCUT2D eigenvalue weighted by atomic mass is 16.5. The van der Waals surface area contributed by atoms with Gasteiger partial charge in [0.25, 0.3) is 0 Å². The van der Waals surface area contributed by atoms with Crippen LogP contribution in [0.25, 0.3) is 0 Å². The van der Waals surface area contributed by atoms with Crippen molar-refractivity contribution >= 4 is 11.6 Å². The van der Waals surface area contributed by atoms with Gasteiger partial charge in [-0.15, -0.1) is 0 Å². The maximum atomic E-state index is 12.3. The van der Waals surface area contributed by atoms with E-state index < -0.39 is 0 Å². The maximum Gasteiger partial charge on any atom is 0.228 e. The Morgan fingerprint density at radius 1 is 1.58 bits per heavy atom. The Hall–Kier alpha value is -1.62. The van der Waals surface area contributed by atoms with Crippen molar-refractivity contribution in [3.63, 3.8) is 0 Å². The van der Waals surface area contributed by atoms with Gasteiger partial charge in [-0.3, -0.25) is 9.78 Å². The Balaban J connectivity index is 1.98. The fraction of sp³-hybridized carbons (Fsp3) is 0.571. The maximum absolute atomic E-state index is 12.3. The average Bonchev–Trinajstić information content (AvgIpc) is 2.41. The predicted octanol–water partition coefficient (Wildman–Crippen LogP) is 1.23. The van der Waals surface area contributed by atoms with Crippen LogP contribution in [-0.2, 0) is 16.0 Å². The third kappa shape index (κ3) is 3.44. The van der Waals surface area contributed by atoms with Gasteiger partial charge in [-0.1, -0.05) is 0 Å². The van der Waals surface area contributed by atoms with Crippen LogP contribution < -0.4 is 5.73 Å². The van der Waals surface area contributed by atoms with E-state index in [0.717, 1.165) is 25.1 Å². The van der Waals surface area contributed by atoms with Gasteiger partial charge in [-0.05, 0) is 31.9 Å². The third-order valence-corrected chi connectivity index (χ3v) is 3.68. The number of methoxy groups -OCH3 is 1. The topological polar surface area (TPSA) is 68.5 Å². The van der Waals surface area contributed by atoms with Crippen molar-refractivity contribution in [2.24, 2.45) is 0 Å². The SMILES string of the molecule is COC1(C)CCCN(C(=O)Cc2ccc(N)cn2)C1. The number of rotatable bonds is 3. The highest BCUT2D eigenvalue weighted by Gasteiger charge is 2.32. The molecule has 1 amide bonds. The first-order valence-corrected chi connectivity index (χ1v) is 6.56. The van der Waals surface area contributed by atoms with Crippen LogP contribution in [0.5, 0.6) is 0 Å². The van der Waals surface area contributed by atoms with E-state index in [4.69, 9.17) is 10.5 Å². The van der Waals surface area contributed by atoms with Crippen molar-refractivity contribution in [2.45, 2.75) is 31.8 Å². The minimum atomic E-state index is -0.220. The lowest BCUT2D eigenvalue weighted by Gasteiger charge is -2.39. The number of nitrogen functional groups attached to an aromatic ring is 1. The van der Waals surface area contributed by atoms with E-state index in [1.165, 1.54) is 0 Å². The fourth-order valence-corrected chi connectivity index (χ4v) is 2.39. The first kappa shape index (κ1) is 13.8. The van der Waals surface area contributed by atoms with Gasteiger partial charge in [-0.25, -0.2) is 0 Å².